The Labute approximate surface area is 88.3 Å². The van der Waals surface area contributed by atoms with E-state index in [2.05, 4.69) is 0 Å². The number of hydrogen-bond donors (Lipinski definition) is 1. The number of hydrogen-bond acceptors (Lipinski definition) is 3. The number of nitrogen functional groups attached to an aromatic ring is 1. The van der Waals surface area contributed by atoms with Crippen molar-refractivity contribution in [3.05, 3.63) is 28.8 Å². The third-order valence-electron chi connectivity index (χ3n) is 2.11. The molecule has 0 heterocycles. The Morgan fingerprint density at radius 3 is 2.36 bits per heavy atom. The summed E-state index contributed by atoms with van der Waals surface area (Å²) in [6.07, 6.45) is 0. The van der Waals surface area contributed by atoms with Crippen LogP contribution in [0.25, 0.3) is 0 Å². The van der Waals surface area contributed by atoms with Gasteiger partial charge < -0.3 is 5.73 Å². The van der Waals surface area contributed by atoms with E-state index in [0.717, 1.165) is 11.1 Å². The highest BCUT2D eigenvalue weighted by Crippen LogP contribution is 2.20. The van der Waals surface area contributed by atoms with Gasteiger partial charge in [-0.1, -0.05) is 6.07 Å². The molecule has 0 spiro atoms. The minimum Gasteiger partial charge on any atom is -0.398 e. The topological polar surface area (TPSA) is 60.2 Å². The van der Waals surface area contributed by atoms with Gasteiger partial charge in [0.1, 0.15) is 0 Å². The van der Waals surface area contributed by atoms with Gasteiger partial charge in [-0.2, -0.15) is 0 Å². The van der Waals surface area contributed by atoms with Gasteiger partial charge in [0.25, 0.3) is 0 Å². The second-order valence-electron chi connectivity index (χ2n) is 3.31. The molecule has 1 aromatic carbocycles. The number of anilines is 1. The van der Waals surface area contributed by atoms with E-state index >= 15 is 0 Å². The van der Waals surface area contributed by atoms with E-state index < -0.39 is 9.05 Å². The maximum absolute atomic E-state index is 10.8. The lowest BCUT2D eigenvalue weighted by Crippen LogP contribution is -1.99. The van der Waals surface area contributed by atoms with Crippen LogP contribution in [0.15, 0.2) is 12.1 Å². The number of benzene rings is 1. The van der Waals surface area contributed by atoms with Crippen LogP contribution in [0.5, 0.6) is 0 Å². The summed E-state index contributed by atoms with van der Waals surface area (Å²) in [7, 11) is 1.64. The van der Waals surface area contributed by atoms with Crippen molar-refractivity contribution < 1.29 is 8.42 Å². The second kappa shape index (κ2) is 3.79. The molecule has 1 rings (SSSR count). The summed E-state index contributed by atoms with van der Waals surface area (Å²) in [5.74, 6) is -0.181. The maximum Gasteiger partial charge on any atom is 0.236 e. The lowest BCUT2D eigenvalue weighted by molar-refractivity contribution is 0.609. The molecule has 0 aliphatic rings. The highest BCUT2D eigenvalue weighted by atomic mass is 35.7. The molecular weight excluding hydrogens is 222 g/mol. The van der Waals surface area contributed by atoms with E-state index in [9.17, 15) is 8.42 Å². The Hall–Kier alpha value is -0.740. The molecule has 0 aliphatic carbocycles. The maximum atomic E-state index is 10.8. The molecule has 78 valence electrons. The highest BCUT2D eigenvalue weighted by molar-refractivity contribution is 8.13. The number of nitrogens with two attached hydrogens (primary N) is 1. The predicted molar refractivity (Wildman–Crippen MR) is 58.8 cm³/mol. The van der Waals surface area contributed by atoms with Crippen molar-refractivity contribution in [2.45, 2.75) is 19.6 Å². The van der Waals surface area contributed by atoms with Crippen LogP contribution in [0.2, 0.25) is 0 Å². The fourth-order valence-corrected chi connectivity index (χ4v) is 2.19. The van der Waals surface area contributed by atoms with Crippen LogP contribution in [0.4, 0.5) is 5.69 Å². The molecule has 0 radical (unpaired) electrons. The second-order valence-corrected chi connectivity index (χ2v) is 6.09. The minimum atomic E-state index is -3.51. The quantitative estimate of drug-likeness (QED) is 0.628. The lowest BCUT2D eigenvalue weighted by atomic mass is 10.1. The first kappa shape index (κ1) is 11.3. The zero-order chi connectivity index (χ0) is 10.9. The van der Waals surface area contributed by atoms with Crippen LogP contribution in [-0.4, -0.2) is 8.42 Å². The molecule has 3 nitrogen and oxygen atoms in total. The number of aryl methyl sites for hydroxylation is 1. The summed E-state index contributed by atoms with van der Waals surface area (Å²) in [5, 5.41) is 0. The summed E-state index contributed by atoms with van der Waals surface area (Å²) < 4.78 is 21.7. The Morgan fingerprint density at radius 2 is 1.93 bits per heavy atom. The smallest absolute Gasteiger partial charge is 0.236 e. The van der Waals surface area contributed by atoms with Crippen molar-refractivity contribution in [2.75, 3.05) is 5.73 Å². The SMILES string of the molecule is Cc1cc(CS(=O)(=O)Cl)cc(N)c1C. The Balaban J connectivity index is 3.14. The van der Waals surface area contributed by atoms with Gasteiger partial charge in [-0.3, -0.25) is 0 Å². The molecule has 0 saturated heterocycles. The number of halogens is 1. The number of rotatable bonds is 2. The first-order chi connectivity index (χ1) is 6.29. The van der Waals surface area contributed by atoms with Gasteiger partial charge in [-0.15, -0.1) is 0 Å². The van der Waals surface area contributed by atoms with Crippen molar-refractivity contribution in [3.8, 4) is 0 Å². The van der Waals surface area contributed by atoms with Crippen molar-refractivity contribution in [1.82, 2.24) is 0 Å². The molecule has 0 bridgehead atoms. The molecule has 2 N–H and O–H groups in total. The van der Waals surface area contributed by atoms with Crippen molar-refractivity contribution in [2.24, 2.45) is 0 Å². The third-order valence-corrected chi connectivity index (χ3v) is 3.11. The standard InChI is InChI=1S/C9H12ClNO2S/c1-6-3-8(5-14(10,12)13)4-9(11)7(6)2/h3-4H,5,11H2,1-2H3. The van der Waals surface area contributed by atoms with Gasteiger partial charge >= 0.3 is 0 Å². The summed E-state index contributed by atoms with van der Waals surface area (Å²) in [5.41, 5.74) is 8.87. The monoisotopic (exact) mass is 233 g/mol. The lowest BCUT2D eigenvalue weighted by Gasteiger charge is -2.07. The van der Waals surface area contributed by atoms with Gasteiger partial charge in [0.15, 0.2) is 0 Å². The van der Waals surface area contributed by atoms with Gasteiger partial charge in [0.05, 0.1) is 5.75 Å². The zero-order valence-electron chi connectivity index (χ0n) is 8.04. The van der Waals surface area contributed by atoms with Crippen LogP contribution in [0, 0.1) is 13.8 Å². The molecule has 0 saturated carbocycles. The average molecular weight is 234 g/mol. The predicted octanol–water partition coefficient (Wildman–Crippen LogP) is 1.95. The van der Waals surface area contributed by atoms with Crippen molar-refractivity contribution in [1.29, 1.82) is 0 Å². The van der Waals surface area contributed by atoms with Crippen molar-refractivity contribution >= 4 is 25.4 Å². The van der Waals surface area contributed by atoms with Gasteiger partial charge in [0.2, 0.25) is 9.05 Å². The first-order valence-electron chi connectivity index (χ1n) is 4.07. The zero-order valence-corrected chi connectivity index (χ0v) is 9.61. The van der Waals surface area contributed by atoms with E-state index in [4.69, 9.17) is 16.4 Å². The molecule has 0 fully saturated rings. The Morgan fingerprint density at radius 1 is 1.36 bits per heavy atom. The van der Waals surface area contributed by atoms with Crippen LogP contribution in [0.3, 0.4) is 0 Å². The Bertz CT molecular complexity index is 431. The molecule has 14 heavy (non-hydrogen) atoms. The van der Waals surface area contributed by atoms with Crippen LogP contribution in [-0.2, 0) is 14.8 Å². The summed E-state index contributed by atoms with van der Waals surface area (Å²) in [6.45, 7) is 3.78. The first-order valence-corrected chi connectivity index (χ1v) is 6.55. The largest absolute Gasteiger partial charge is 0.398 e. The van der Waals surface area contributed by atoms with Crippen LogP contribution in [0.1, 0.15) is 16.7 Å². The average Bonchev–Trinajstić information content (AvgIpc) is 1.96. The highest BCUT2D eigenvalue weighted by Gasteiger charge is 2.09. The van der Waals surface area contributed by atoms with Gasteiger partial charge in [-0.05, 0) is 36.6 Å². The van der Waals surface area contributed by atoms with E-state index in [0.29, 0.717) is 11.3 Å². The normalized spacial score (nSPS) is 11.6. The molecule has 0 aromatic heterocycles. The van der Waals surface area contributed by atoms with Crippen LogP contribution >= 0.6 is 10.7 Å². The minimum absolute atomic E-state index is 0.181. The summed E-state index contributed by atoms with van der Waals surface area (Å²) in [6, 6.07) is 3.42. The molecule has 0 atom stereocenters. The van der Waals surface area contributed by atoms with E-state index in [-0.39, 0.29) is 5.75 Å². The fraction of sp³-hybridized carbons (Fsp3) is 0.333. The van der Waals surface area contributed by atoms with E-state index in [1.54, 1.807) is 12.1 Å². The third kappa shape index (κ3) is 2.89. The van der Waals surface area contributed by atoms with E-state index in [1.807, 2.05) is 13.8 Å². The van der Waals surface area contributed by atoms with Gasteiger partial charge in [0, 0.05) is 16.4 Å². The Kier molecular flexibility index (Phi) is 3.07. The van der Waals surface area contributed by atoms with Gasteiger partial charge in [-0.25, -0.2) is 8.42 Å². The molecule has 1 aromatic rings. The molecule has 0 unspecified atom stereocenters. The fourth-order valence-electron chi connectivity index (χ4n) is 1.25. The molecule has 0 aliphatic heterocycles. The van der Waals surface area contributed by atoms with Crippen LogP contribution < -0.4 is 5.73 Å². The summed E-state index contributed by atoms with van der Waals surface area (Å²) >= 11 is 0. The molecule has 5 heteroatoms. The molecule has 0 amide bonds. The molecular formula is C9H12ClNO2S. The van der Waals surface area contributed by atoms with Crippen molar-refractivity contribution in [3.63, 3.8) is 0 Å². The summed E-state index contributed by atoms with van der Waals surface area (Å²) in [4.78, 5) is 0. The van der Waals surface area contributed by atoms with E-state index in [1.165, 1.54) is 0 Å².